The Labute approximate surface area is 205 Å². The average Bonchev–Trinajstić information content (AvgIpc) is 3.24. The van der Waals surface area contributed by atoms with E-state index in [1.54, 1.807) is 31.2 Å². The van der Waals surface area contributed by atoms with Crippen molar-refractivity contribution in [2.24, 2.45) is 0 Å². The third kappa shape index (κ3) is 5.72. The van der Waals surface area contributed by atoms with Gasteiger partial charge in [0.25, 0.3) is 5.91 Å². The van der Waals surface area contributed by atoms with E-state index >= 15 is 0 Å². The van der Waals surface area contributed by atoms with Gasteiger partial charge in [-0.1, -0.05) is 12.1 Å². The van der Waals surface area contributed by atoms with Crippen molar-refractivity contribution in [2.75, 3.05) is 16.0 Å². The van der Waals surface area contributed by atoms with Crippen LogP contribution >= 0.6 is 8.19 Å². The number of fused-ring (bicyclic) bond motifs is 1. The Morgan fingerprint density at radius 2 is 1.61 bits per heavy atom. The van der Waals surface area contributed by atoms with Gasteiger partial charge in [0, 0.05) is 27.6 Å². The molecule has 4 aromatic rings. The van der Waals surface area contributed by atoms with Gasteiger partial charge in [0.05, 0.1) is 22.7 Å². The first kappa shape index (κ1) is 24.9. The van der Waals surface area contributed by atoms with Crippen molar-refractivity contribution in [3.63, 3.8) is 0 Å². The van der Waals surface area contributed by atoms with Crippen LogP contribution in [0.15, 0.2) is 60.8 Å². The fraction of sp³-hybridized carbons (Fsp3) is 0.120. The molecule has 0 spiro atoms. The molecule has 0 bridgehead atoms. The number of carbonyl (C=O) groups is 3. The first-order chi connectivity index (χ1) is 17.0. The summed E-state index contributed by atoms with van der Waals surface area (Å²) in [4.78, 5) is 41.2. The van der Waals surface area contributed by atoms with Gasteiger partial charge in [-0.15, -0.1) is 8.19 Å². The number of hydrogen-bond donors (Lipinski definition) is 3. The molecule has 0 fully saturated rings. The van der Waals surface area contributed by atoms with Gasteiger partial charge in [-0.05, 0) is 61.9 Å². The predicted octanol–water partition coefficient (Wildman–Crippen LogP) is 6.69. The summed E-state index contributed by atoms with van der Waals surface area (Å²) in [5, 5.41) is 9.88. The maximum atomic E-state index is 12.9. The number of ketones is 1. The Morgan fingerprint density at radius 3 is 2.31 bits per heavy atom. The zero-order chi connectivity index (χ0) is 26.0. The average molecular weight is 512 g/mol. The summed E-state index contributed by atoms with van der Waals surface area (Å²) in [7, 11) is 0.181. The molecule has 2 heterocycles. The molecule has 184 valence electrons. The van der Waals surface area contributed by atoms with E-state index in [0.717, 1.165) is 22.8 Å². The molecular formula is C25H20F3N4O3P. The first-order valence-corrected chi connectivity index (χ1v) is 11.7. The molecule has 1 unspecified atom stereocenters. The molecule has 2 aromatic carbocycles. The summed E-state index contributed by atoms with van der Waals surface area (Å²) in [5.74, 6) is -0.457. The molecule has 3 N–H and O–H groups in total. The van der Waals surface area contributed by atoms with Crippen LogP contribution in [0.3, 0.4) is 0 Å². The molecule has 4 rings (SSSR count). The van der Waals surface area contributed by atoms with Gasteiger partial charge in [-0.2, -0.15) is 13.2 Å². The number of Topliss-reactive ketones (excluding diaryl/α,β-unsaturated/α-hetero) is 1. The van der Waals surface area contributed by atoms with Crippen LogP contribution in [0.5, 0.6) is 0 Å². The molecule has 1 atom stereocenters. The number of aromatic nitrogens is 1. The Kier molecular flexibility index (Phi) is 6.81. The molecule has 0 saturated heterocycles. The number of urea groups is 1. The predicted molar refractivity (Wildman–Crippen MR) is 134 cm³/mol. The largest absolute Gasteiger partial charge is 0.416 e. The van der Waals surface area contributed by atoms with Crippen LogP contribution < -0.4 is 16.0 Å². The number of nitrogens with zero attached hydrogens (tertiary/aromatic N) is 1. The smallest absolute Gasteiger partial charge is 0.321 e. The van der Waals surface area contributed by atoms with E-state index in [-0.39, 0.29) is 30.9 Å². The minimum absolute atomic E-state index is 0.0195. The second kappa shape index (κ2) is 9.83. The highest BCUT2D eigenvalue weighted by Crippen LogP contribution is 2.32. The fourth-order valence-corrected chi connectivity index (χ4v) is 4.56. The number of carbonyl (C=O) groups excluding carboxylic acids is 3. The van der Waals surface area contributed by atoms with Crippen LogP contribution in [0, 0.1) is 6.92 Å². The fourth-order valence-electron chi connectivity index (χ4n) is 3.48. The molecule has 36 heavy (non-hydrogen) atoms. The summed E-state index contributed by atoms with van der Waals surface area (Å²) >= 11 is 0. The Bertz CT molecular complexity index is 1500. The lowest BCUT2D eigenvalue weighted by atomic mass is 10.1. The van der Waals surface area contributed by atoms with Crippen molar-refractivity contribution in [3.8, 4) is 0 Å². The lowest BCUT2D eigenvalue weighted by Gasteiger charge is -2.13. The van der Waals surface area contributed by atoms with Crippen molar-refractivity contribution >= 4 is 53.6 Å². The number of halogens is 3. The normalized spacial score (nSPS) is 11.5. The number of benzene rings is 2. The maximum absolute atomic E-state index is 12.9. The Balaban J connectivity index is 1.47. The third-order valence-electron chi connectivity index (χ3n) is 5.30. The van der Waals surface area contributed by atoms with Crippen molar-refractivity contribution < 1.29 is 27.6 Å². The number of pyridine rings is 1. The minimum atomic E-state index is -4.53. The van der Waals surface area contributed by atoms with Gasteiger partial charge >= 0.3 is 12.2 Å². The first-order valence-electron chi connectivity index (χ1n) is 10.7. The zero-order valence-corrected chi connectivity index (χ0v) is 20.1. The highest BCUT2D eigenvalue weighted by molar-refractivity contribution is 7.39. The number of aryl methyl sites for hydroxylation is 1. The maximum Gasteiger partial charge on any atom is 0.416 e. The van der Waals surface area contributed by atoms with E-state index in [2.05, 4.69) is 20.9 Å². The topological polar surface area (TPSA) is 100 Å². The number of alkyl halides is 3. The lowest BCUT2D eigenvalue weighted by Crippen LogP contribution is -2.20. The van der Waals surface area contributed by atoms with Crippen LogP contribution in [0.4, 0.5) is 35.0 Å². The SMILES string of the molecule is CC(=O)c1cc2cc(NC(=O)c3cc(NC(=O)Nc4cccc(C(F)(F)F)c4)ccc3C)cnc2[pH]1. The lowest BCUT2D eigenvalue weighted by molar-refractivity contribution is -0.137. The molecule has 11 heteroatoms. The van der Waals surface area contributed by atoms with E-state index in [1.165, 1.54) is 31.3 Å². The number of nitrogens with one attached hydrogen (secondary N) is 3. The molecule has 0 aliphatic rings. The van der Waals surface area contributed by atoms with E-state index in [1.807, 2.05) is 0 Å². The van der Waals surface area contributed by atoms with Crippen molar-refractivity contribution in [1.29, 1.82) is 0 Å². The number of hydrogen-bond acceptors (Lipinski definition) is 4. The highest BCUT2D eigenvalue weighted by atomic mass is 31.0. The van der Waals surface area contributed by atoms with Crippen LogP contribution in [-0.2, 0) is 6.18 Å². The van der Waals surface area contributed by atoms with Gasteiger partial charge in [0.1, 0.15) is 0 Å². The molecule has 0 aliphatic heterocycles. The van der Waals surface area contributed by atoms with Crippen LogP contribution in [-0.4, -0.2) is 22.7 Å². The quantitative estimate of drug-likeness (QED) is 0.259. The summed E-state index contributed by atoms with van der Waals surface area (Å²) in [6, 6.07) is 11.7. The Morgan fingerprint density at radius 1 is 0.889 bits per heavy atom. The summed E-state index contributed by atoms with van der Waals surface area (Å²) < 4.78 is 38.7. The zero-order valence-electron chi connectivity index (χ0n) is 19.1. The van der Waals surface area contributed by atoms with Crippen LogP contribution in [0.1, 0.15) is 38.5 Å². The second-order valence-corrected chi connectivity index (χ2v) is 9.30. The third-order valence-corrected chi connectivity index (χ3v) is 6.72. The number of rotatable bonds is 5. The van der Waals surface area contributed by atoms with E-state index < -0.39 is 23.7 Å². The molecule has 2 aromatic heterocycles. The molecule has 0 saturated carbocycles. The second-order valence-electron chi connectivity index (χ2n) is 8.04. The number of anilines is 3. The molecule has 0 radical (unpaired) electrons. The molecule has 0 aliphatic carbocycles. The van der Waals surface area contributed by atoms with Gasteiger partial charge in [-0.25, -0.2) is 4.79 Å². The van der Waals surface area contributed by atoms with Crippen molar-refractivity contribution in [3.05, 3.63) is 82.8 Å². The molecule has 3 amide bonds. The van der Waals surface area contributed by atoms with Gasteiger partial charge in [-0.3, -0.25) is 14.6 Å². The minimum Gasteiger partial charge on any atom is -0.321 e. The molecular weight excluding hydrogens is 492 g/mol. The summed E-state index contributed by atoms with van der Waals surface area (Å²) in [6.07, 6.45) is -3.02. The highest BCUT2D eigenvalue weighted by Gasteiger charge is 2.30. The van der Waals surface area contributed by atoms with Gasteiger partial charge in [0.15, 0.2) is 5.78 Å². The van der Waals surface area contributed by atoms with E-state index in [4.69, 9.17) is 0 Å². The van der Waals surface area contributed by atoms with Gasteiger partial charge in [0.2, 0.25) is 0 Å². The van der Waals surface area contributed by atoms with Crippen LogP contribution in [0.2, 0.25) is 0 Å². The molecule has 7 nitrogen and oxygen atoms in total. The van der Waals surface area contributed by atoms with Crippen molar-refractivity contribution in [1.82, 2.24) is 4.98 Å². The monoisotopic (exact) mass is 512 g/mol. The standard InChI is InChI=1S/C25H20F3N4O3P/c1-13-6-7-18(32-24(35)31-17-5-3-4-16(10-17)25(26,27)28)11-20(13)22(34)30-19-8-15-9-21(14(2)33)36-23(15)29-12-19/h3-12,36H,1-2H3,(H,30,34)(H2,31,32,35). The van der Waals surface area contributed by atoms with E-state index in [9.17, 15) is 27.6 Å². The summed E-state index contributed by atoms with van der Waals surface area (Å²) in [5.41, 5.74) is 0.741. The van der Waals surface area contributed by atoms with Gasteiger partial charge < -0.3 is 16.0 Å². The number of amides is 3. The van der Waals surface area contributed by atoms with Crippen molar-refractivity contribution in [2.45, 2.75) is 20.0 Å². The van der Waals surface area contributed by atoms with E-state index in [0.29, 0.717) is 16.5 Å². The van der Waals surface area contributed by atoms with Crippen LogP contribution in [0.25, 0.3) is 10.6 Å². The summed E-state index contributed by atoms with van der Waals surface area (Å²) in [6.45, 7) is 3.22. The Hall–Kier alpha value is -4.17.